The number of nitrogens with zero attached hydrogens (tertiary/aromatic N) is 5. The number of carbonyl (C=O) groups is 2. The first kappa shape index (κ1) is 23.7. The third-order valence-corrected chi connectivity index (χ3v) is 6.38. The van der Waals surface area contributed by atoms with Gasteiger partial charge in [0.05, 0.1) is 19.3 Å². The summed E-state index contributed by atoms with van der Waals surface area (Å²) in [7, 11) is 3.09. The smallest absolute Gasteiger partial charge is 0.410 e. The molecule has 1 aromatic carbocycles. The molecule has 11 nitrogen and oxygen atoms in total. The molecule has 36 heavy (non-hydrogen) atoms. The minimum Gasteiger partial charge on any atom is -0.496 e. The van der Waals surface area contributed by atoms with Gasteiger partial charge in [-0.05, 0) is 48.2 Å². The molecule has 3 aromatic rings. The summed E-state index contributed by atoms with van der Waals surface area (Å²) >= 11 is 0. The van der Waals surface area contributed by atoms with Crippen molar-refractivity contribution in [3.63, 3.8) is 0 Å². The van der Waals surface area contributed by atoms with E-state index in [4.69, 9.17) is 14.2 Å². The zero-order valence-corrected chi connectivity index (χ0v) is 20.3. The van der Waals surface area contributed by atoms with Gasteiger partial charge in [0, 0.05) is 33.2 Å². The number of methoxy groups -OCH3 is 2. The summed E-state index contributed by atoms with van der Waals surface area (Å²) < 4.78 is 17.8. The van der Waals surface area contributed by atoms with Gasteiger partial charge in [-0.25, -0.2) is 9.78 Å². The molecule has 0 spiro atoms. The van der Waals surface area contributed by atoms with Crippen LogP contribution in [0.15, 0.2) is 30.3 Å². The van der Waals surface area contributed by atoms with Gasteiger partial charge in [-0.2, -0.15) is 0 Å². The summed E-state index contributed by atoms with van der Waals surface area (Å²) in [5.41, 5.74) is 2.91. The van der Waals surface area contributed by atoms with Crippen molar-refractivity contribution in [3.8, 4) is 17.3 Å². The van der Waals surface area contributed by atoms with Crippen molar-refractivity contribution in [1.29, 1.82) is 0 Å². The van der Waals surface area contributed by atoms with Gasteiger partial charge in [0.15, 0.2) is 5.82 Å². The number of fused-ring (bicyclic) bond motifs is 2. The normalized spacial score (nSPS) is 14.2. The van der Waals surface area contributed by atoms with E-state index in [-0.39, 0.29) is 12.5 Å². The van der Waals surface area contributed by atoms with Gasteiger partial charge in [0.25, 0.3) is 5.91 Å². The lowest BCUT2D eigenvalue weighted by atomic mass is 9.96. The number of nitrogens with one attached hydrogen (secondary N) is 1. The fraction of sp³-hybridized carbons (Fsp3) is 0.400. The predicted molar refractivity (Wildman–Crippen MR) is 130 cm³/mol. The van der Waals surface area contributed by atoms with E-state index in [9.17, 15) is 9.59 Å². The monoisotopic (exact) mass is 492 g/mol. The van der Waals surface area contributed by atoms with Gasteiger partial charge in [-0.1, -0.05) is 6.07 Å². The number of hydrogen-bond acceptors (Lipinski definition) is 8. The lowest BCUT2D eigenvalue weighted by Gasteiger charge is -2.29. The molecule has 2 aromatic heterocycles. The Hall–Kier alpha value is -3.99. The average Bonchev–Trinajstić information content (AvgIpc) is 3.52. The molecule has 0 aliphatic carbocycles. The highest BCUT2D eigenvalue weighted by Crippen LogP contribution is 2.29. The van der Waals surface area contributed by atoms with E-state index in [2.05, 4.69) is 25.1 Å². The number of ether oxygens (including phenoxy) is 3. The first-order valence-electron chi connectivity index (χ1n) is 11.9. The SMILES string of the molecule is COCCOC(=O)N1CCc2cc(OC)c(C(=O)Nc3cccc(-c4nnc5n4CCC5)n3)cc2C1. The van der Waals surface area contributed by atoms with Crippen molar-refractivity contribution in [2.75, 3.05) is 39.3 Å². The molecule has 0 unspecified atom stereocenters. The van der Waals surface area contributed by atoms with Crippen LogP contribution in [0.4, 0.5) is 10.6 Å². The van der Waals surface area contributed by atoms with Crippen LogP contribution in [0, 0.1) is 0 Å². The molecule has 0 saturated heterocycles. The van der Waals surface area contributed by atoms with Crippen LogP contribution < -0.4 is 10.1 Å². The van der Waals surface area contributed by atoms with Crippen LogP contribution in [0.5, 0.6) is 5.75 Å². The van der Waals surface area contributed by atoms with E-state index in [0.29, 0.717) is 54.8 Å². The highest BCUT2D eigenvalue weighted by atomic mass is 16.6. The number of rotatable bonds is 7. The lowest BCUT2D eigenvalue weighted by molar-refractivity contribution is 0.0688. The molecule has 0 saturated carbocycles. The molecular formula is C25H28N6O5. The number of amides is 2. The molecule has 2 aliphatic heterocycles. The highest BCUT2D eigenvalue weighted by Gasteiger charge is 2.25. The van der Waals surface area contributed by atoms with Crippen molar-refractivity contribution in [2.45, 2.75) is 32.4 Å². The molecule has 0 atom stereocenters. The number of pyridine rings is 1. The maximum Gasteiger partial charge on any atom is 0.410 e. The minimum absolute atomic E-state index is 0.193. The molecule has 2 aliphatic rings. The zero-order chi connectivity index (χ0) is 25.1. The Morgan fingerprint density at radius 2 is 1.94 bits per heavy atom. The quantitative estimate of drug-likeness (QED) is 0.500. The van der Waals surface area contributed by atoms with Crippen LogP contribution in [0.2, 0.25) is 0 Å². The molecule has 1 N–H and O–H groups in total. The zero-order valence-electron chi connectivity index (χ0n) is 20.3. The number of hydrogen-bond donors (Lipinski definition) is 1. The molecule has 5 rings (SSSR count). The van der Waals surface area contributed by atoms with Gasteiger partial charge < -0.3 is 29.0 Å². The van der Waals surface area contributed by atoms with E-state index >= 15 is 0 Å². The second-order valence-corrected chi connectivity index (χ2v) is 8.66. The number of carbonyl (C=O) groups excluding carboxylic acids is 2. The van der Waals surface area contributed by atoms with E-state index in [0.717, 1.165) is 36.3 Å². The standard InChI is InChI=1S/C25H28N6O5/c1-34-11-12-36-25(33)30-10-8-16-14-20(35-2)18(13-17(16)15-30)24(32)27-21-6-3-5-19(26-21)23-29-28-22-7-4-9-31(22)23/h3,5-6,13-14H,4,7-12,15H2,1-2H3,(H,26,27,32). The molecule has 4 heterocycles. The van der Waals surface area contributed by atoms with Crippen LogP contribution in [0.25, 0.3) is 11.5 Å². The summed E-state index contributed by atoms with van der Waals surface area (Å²) in [5, 5.41) is 11.4. The van der Waals surface area contributed by atoms with Crippen LogP contribution in [-0.4, -0.2) is 70.6 Å². The fourth-order valence-electron chi connectivity index (χ4n) is 4.55. The first-order valence-corrected chi connectivity index (χ1v) is 11.9. The lowest BCUT2D eigenvalue weighted by Crippen LogP contribution is -2.37. The molecular weight excluding hydrogens is 464 g/mol. The van der Waals surface area contributed by atoms with Crippen LogP contribution >= 0.6 is 0 Å². The maximum atomic E-state index is 13.3. The van der Waals surface area contributed by atoms with Crippen LogP contribution in [0.1, 0.15) is 33.7 Å². The predicted octanol–water partition coefficient (Wildman–Crippen LogP) is 2.69. The van der Waals surface area contributed by atoms with Gasteiger partial charge >= 0.3 is 6.09 Å². The van der Waals surface area contributed by atoms with Gasteiger partial charge in [-0.3, -0.25) is 4.79 Å². The van der Waals surface area contributed by atoms with Gasteiger partial charge in [0.1, 0.15) is 29.7 Å². The molecule has 2 amide bonds. The summed E-state index contributed by atoms with van der Waals surface area (Å²) in [6, 6.07) is 9.04. The van der Waals surface area contributed by atoms with Crippen molar-refractivity contribution < 1.29 is 23.8 Å². The second kappa shape index (κ2) is 10.3. The Labute approximate surface area is 208 Å². The second-order valence-electron chi connectivity index (χ2n) is 8.66. The number of aromatic nitrogens is 4. The van der Waals surface area contributed by atoms with Crippen molar-refractivity contribution in [1.82, 2.24) is 24.6 Å². The summed E-state index contributed by atoms with van der Waals surface area (Å²) in [4.78, 5) is 31.9. The topological polar surface area (TPSA) is 121 Å². The Balaban J connectivity index is 1.34. The Morgan fingerprint density at radius 1 is 1.06 bits per heavy atom. The van der Waals surface area contributed by atoms with E-state index < -0.39 is 6.09 Å². The fourth-order valence-corrected chi connectivity index (χ4v) is 4.55. The molecule has 11 heteroatoms. The number of anilines is 1. The van der Waals surface area contributed by atoms with Crippen molar-refractivity contribution in [2.24, 2.45) is 0 Å². The third kappa shape index (κ3) is 4.74. The molecule has 188 valence electrons. The summed E-state index contributed by atoms with van der Waals surface area (Å²) in [6.07, 6.45) is 2.18. The molecule has 0 bridgehead atoms. The first-order chi connectivity index (χ1) is 17.6. The molecule has 0 fully saturated rings. The van der Waals surface area contributed by atoms with Crippen molar-refractivity contribution >= 4 is 17.8 Å². The molecule has 0 radical (unpaired) electrons. The van der Waals surface area contributed by atoms with Gasteiger partial charge in [0.2, 0.25) is 0 Å². The Morgan fingerprint density at radius 3 is 2.78 bits per heavy atom. The number of aryl methyl sites for hydroxylation is 1. The summed E-state index contributed by atoms with van der Waals surface area (Å²) in [6.45, 7) is 2.26. The minimum atomic E-state index is -0.402. The van der Waals surface area contributed by atoms with Gasteiger partial charge in [-0.15, -0.1) is 10.2 Å². The average molecular weight is 493 g/mol. The van der Waals surface area contributed by atoms with E-state index in [1.54, 1.807) is 24.1 Å². The number of benzene rings is 1. The van der Waals surface area contributed by atoms with Crippen LogP contribution in [-0.2, 0) is 35.4 Å². The summed E-state index contributed by atoms with van der Waals surface area (Å²) in [5.74, 6) is 2.16. The van der Waals surface area contributed by atoms with E-state index in [1.165, 1.54) is 7.11 Å². The Bertz CT molecular complexity index is 1290. The highest BCUT2D eigenvalue weighted by molar-refractivity contribution is 6.06. The Kier molecular flexibility index (Phi) is 6.81. The maximum absolute atomic E-state index is 13.3. The van der Waals surface area contributed by atoms with Crippen LogP contribution in [0.3, 0.4) is 0 Å². The largest absolute Gasteiger partial charge is 0.496 e. The third-order valence-electron chi connectivity index (χ3n) is 6.38. The van der Waals surface area contributed by atoms with Crippen molar-refractivity contribution in [3.05, 3.63) is 52.8 Å². The van der Waals surface area contributed by atoms with E-state index in [1.807, 2.05) is 18.2 Å².